The Kier molecular flexibility index (Phi) is 4.78. The predicted octanol–water partition coefficient (Wildman–Crippen LogP) is 3.78. The Bertz CT molecular complexity index is 572. The summed E-state index contributed by atoms with van der Waals surface area (Å²) in [5, 5.41) is 13.5. The van der Waals surface area contributed by atoms with Crippen molar-refractivity contribution in [2.75, 3.05) is 11.9 Å². The zero-order chi connectivity index (χ0) is 14.7. The van der Waals surface area contributed by atoms with E-state index in [0.717, 1.165) is 22.2 Å². The van der Waals surface area contributed by atoms with E-state index < -0.39 is 0 Å². The maximum absolute atomic E-state index is 9.20. The predicted molar refractivity (Wildman–Crippen MR) is 85.6 cm³/mol. The second kappa shape index (κ2) is 6.37. The number of nitrogens with one attached hydrogen (secondary N) is 1. The van der Waals surface area contributed by atoms with Crippen LogP contribution < -0.4 is 5.32 Å². The molecule has 0 bridgehead atoms. The molecular weight excluding hydrogens is 268 g/mol. The van der Waals surface area contributed by atoms with Crippen molar-refractivity contribution in [3.8, 4) is 0 Å². The first-order valence-electron chi connectivity index (χ1n) is 6.90. The van der Waals surface area contributed by atoms with Crippen LogP contribution in [0.15, 0.2) is 18.2 Å². The van der Waals surface area contributed by atoms with E-state index in [4.69, 9.17) is 0 Å². The van der Waals surface area contributed by atoms with Gasteiger partial charge in [0.2, 0.25) is 0 Å². The number of nitrogens with zero attached hydrogens (tertiary/aromatic N) is 1. The van der Waals surface area contributed by atoms with Gasteiger partial charge in [-0.25, -0.2) is 4.98 Å². The maximum atomic E-state index is 9.20. The van der Waals surface area contributed by atoms with Crippen LogP contribution in [0.5, 0.6) is 0 Å². The Hall–Kier alpha value is -1.39. The van der Waals surface area contributed by atoms with E-state index in [9.17, 15) is 5.11 Å². The molecule has 20 heavy (non-hydrogen) atoms. The van der Waals surface area contributed by atoms with E-state index in [1.807, 2.05) is 6.92 Å². The van der Waals surface area contributed by atoms with Crippen LogP contribution in [0, 0.1) is 20.8 Å². The summed E-state index contributed by atoms with van der Waals surface area (Å²) in [6.07, 6.45) is 0. The Morgan fingerprint density at radius 3 is 2.45 bits per heavy atom. The van der Waals surface area contributed by atoms with Gasteiger partial charge in [-0.15, -0.1) is 0 Å². The molecule has 0 spiro atoms. The van der Waals surface area contributed by atoms with Gasteiger partial charge >= 0.3 is 0 Å². The normalized spacial score (nSPS) is 12.4. The minimum atomic E-state index is 0.0671. The molecule has 0 fully saturated rings. The van der Waals surface area contributed by atoms with Gasteiger partial charge in [-0.05, 0) is 43.4 Å². The topological polar surface area (TPSA) is 45.2 Å². The number of aromatic nitrogens is 1. The van der Waals surface area contributed by atoms with Gasteiger partial charge < -0.3 is 10.4 Å². The first-order valence-corrected chi connectivity index (χ1v) is 7.71. The van der Waals surface area contributed by atoms with Gasteiger partial charge in [0.05, 0.1) is 17.2 Å². The summed E-state index contributed by atoms with van der Waals surface area (Å²) < 4.78 is 0. The highest BCUT2D eigenvalue weighted by molar-refractivity contribution is 7.15. The van der Waals surface area contributed by atoms with Gasteiger partial charge in [-0.1, -0.05) is 36.5 Å². The number of rotatable bonds is 5. The van der Waals surface area contributed by atoms with Crippen LogP contribution in [0.1, 0.15) is 40.1 Å². The number of hydrogen-bond acceptors (Lipinski definition) is 4. The van der Waals surface area contributed by atoms with Gasteiger partial charge in [-0.2, -0.15) is 0 Å². The van der Waals surface area contributed by atoms with E-state index in [1.165, 1.54) is 28.0 Å². The number of hydrogen-bond donors (Lipinski definition) is 2. The van der Waals surface area contributed by atoms with Crippen LogP contribution in [-0.4, -0.2) is 16.6 Å². The first-order chi connectivity index (χ1) is 9.52. The number of anilines is 1. The average molecular weight is 290 g/mol. The summed E-state index contributed by atoms with van der Waals surface area (Å²) in [7, 11) is 0. The molecule has 2 rings (SSSR count). The number of benzene rings is 1. The fraction of sp³-hybridized carbons (Fsp3) is 0.438. The quantitative estimate of drug-likeness (QED) is 0.881. The largest absolute Gasteiger partial charge is 0.391 e. The standard InChI is InChI=1S/C16H22N2OS/c1-10-6-5-7-11(2)15(10)12(3)8-17-16-18-13(4)14(9-19)20-16/h5-7,12,19H,8-9H2,1-4H3,(H,17,18). The second-order valence-corrected chi connectivity index (χ2v) is 6.36. The van der Waals surface area contributed by atoms with Crippen LogP contribution in [0.25, 0.3) is 0 Å². The molecule has 3 nitrogen and oxygen atoms in total. The Balaban J connectivity index is 2.06. The third kappa shape index (κ3) is 3.19. The molecule has 2 N–H and O–H groups in total. The number of aliphatic hydroxyl groups excluding tert-OH is 1. The lowest BCUT2D eigenvalue weighted by Gasteiger charge is -2.17. The van der Waals surface area contributed by atoms with Gasteiger partial charge in [-0.3, -0.25) is 0 Å². The molecule has 0 radical (unpaired) electrons. The smallest absolute Gasteiger partial charge is 0.183 e. The first kappa shape index (κ1) is 15.0. The van der Waals surface area contributed by atoms with Crippen molar-refractivity contribution in [2.45, 2.75) is 40.2 Å². The van der Waals surface area contributed by atoms with Crippen molar-refractivity contribution < 1.29 is 5.11 Å². The minimum Gasteiger partial charge on any atom is -0.391 e. The summed E-state index contributed by atoms with van der Waals surface area (Å²) in [4.78, 5) is 5.38. The van der Waals surface area contributed by atoms with E-state index in [0.29, 0.717) is 5.92 Å². The van der Waals surface area contributed by atoms with Gasteiger partial charge in [0.1, 0.15) is 0 Å². The molecule has 1 aromatic carbocycles. The fourth-order valence-corrected chi connectivity index (χ4v) is 3.43. The maximum Gasteiger partial charge on any atom is 0.183 e. The highest BCUT2D eigenvalue weighted by Gasteiger charge is 2.12. The molecule has 0 saturated carbocycles. The lowest BCUT2D eigenvalue weighted by atomic mass is 9.92. The third-order valence-corrected chi connectivity index (χ3v) is 4.73. The van der Waals surface area contributed by atoms with E-state index in [2.05, 4.69) is 49.3 Å². The number of thiazole rings is 1. The third-order valence-electron chi connectivity index (χ3n) is 3.63. The Morgan fingerprint density at radius 2 is 1.90 bits per heavy atom. The number of aryl methyl sites for hydroxylation is 3. The van der Waals surface area contributed by atoms with Crippen molar-refractivity contribution >= 4 is 16.5 Å². The van der Waals surface area contributed by atoms with E-state index >= 15 is 0 Å². The van der Waals surface area contributed by atoms with Crippen LogP contribution in [0.4, 0.5) is 5.13 Å². The molecule has 4 heteroatoms. The highest BCUT2D eigenvalue weighted by Crippen LogP contribution is 2.26. The molecular formula is C16H22N2OS. The van der Waals surface area contributed by atoms with E-state index in [1.54, 1.807) is 0 Å². The summed E-state index contributed by atoms with van der Waals surface area (Å²) in [5.41, 5.74) is 5.01. The monoisotopic (exact) mass is 290 g/mol. The molecule has 0 aliphatic heterocycles. The van der Waals surface area contributed by atoms with Crippen LogP contribution in [-0.2, 0) is 6.61 Å². The highest BCUT2D eigenvalue weighted by atomic mass is 32.1. The van der Waals surface area contributed by atoms with Crippen molar-refractivity contribution in [3.05, 3.63) is 45.5 Å². The molecule has 0 amide bonds. The molecule has 2 aromatic rings. The summed E-state index contributed by atoms with van der Waals surface area (Å²) >= 11 is 1.53. The van der Waals surface area contributed by atoms with Crippen LogP contribution in [0.2, 0.25) is 0 Å². The summed E-state index contributed by atoms with van der Waals surface area (Å²) in [6.45, 7) is 9.41. The summed E-state index contributed by atoms with van der Waals surface area (Å²) in [6, 6.07) is 6.43. The molecule has 1 atom stereocenters. The van der Waals surface area contributed by atoms with Crippen LogP contribution in [0.3, 0.4) is 0 Å². The van der Waals surface area contributed by atoms with Gasteiger partial charge in [0.25, 0.3) is 0 Å². The average Bonchev–Trinajstić information content (AvgIpc) is 2.76. The van der Waals surface area contributed by atoms with Crippen molar-refractivity contribution in [1.82, 2.24) is 4.98 Å². The minimum absolute atomic E-state index is 0.0671. The number of aliphatic hydroxyl groups is 1. The molecule has 108 valence electrons. The SMILES string of the molecule is Cc1cccc(C)c1C(C)CNc1nc(C)c(CO)s1. The lowest BCUT2D eigenvalue weighted by molar-refractivity contribution is 0.284. The molecule has 0 saturated heterocycles. The van der Waals surface area contributed by atoms with Crippen molar-refractivity contribution in [3.63, 3.8) is 0 Å². The zero-order valence-electron chi connectivity index (χ0n) is 12.5. The van der Waals surface area contributed by atoms with E-state index in [-0.39, 0.29) is 6.61 Å². The van der Waals surface area contributed by atoms with Gasteiger partial charge in [0.15, 0.2) is 5.13 Å². The molecule has 1 aromatic heterocycles. The molecule has 1 heterocycles. The van der Waals surface area contributed by atoms with Crippen molar-refractivity contribution in [1.29, 1.82) is 0 Å². The van der Waals surface area contributed by atoms with Crippen LogP contribution >= 0.6 is 11.3 Å². The zero-order valence-corrected chi connectivity index (χ0v) is 13.3. The molecule has 0 aliphatic rings. The lowest BCUT2D eigenvalue weighted by Crippen LogP contribution is -2.12. The molecule has 1 unspecified atom stereocenters. The second-order valence-electron chi connectivity index (χ2n) is 5.27. The molecule has 0 aliphatic carbocycles. The summed E-state index contributed by atoms with van der Waals surface area (Å²) in [5.74, 6) is 0.429. The Morgan fingerprint density at radius 1 is 1.25 bits per heavy atom. The van der Waals surface area contributed by atoms with Gasteiger partial charge in [0, 0.05) is 6.54 Å². The van der Waals surface area contributed by atoms with Crippen molar-refractivity contribution in [2.24, 2.45) is 0 Å². The Labute approximate surface area is 124 Å². The fourth-order valence-electron chi connectivity index (χ4n) is 2.60.